The smallest absolute Gasteiger partial charge is 0.193 e. The predicted molar refractivity (Wildman–Crippen MR) is 140 cm³/mol. The zero-order valence-corrected chi connectivity index (χ0v) is 22.6. The number of nitrogens with one attached hydrogen (secondary N) is 1. The van der Waals surface area contributed by atoms with E-state index in [1.807, 2.05) is 18.5 Å². The monoisotopic (exact) mass is 488 g/mol. The van der Waals surface area contributed by atoms with Crippen molar-refractivity contribution in [2.45, 2.75) is 58.5 Å². The van der Waals surface area contributed by atoms with Gasteiger partial charge in [0.05, 0.1) is 6.54 Å². The first-order valence-electron chi connectivity index (χ1n) is 12.6. The van der Waals surface area contributed by atoms with Crippen molar-refractivity contribution < 1.29 is 8.95 Å². The number of hydrogen-bond donors (Lipinski definition) is 1. The van der Waals surface area contributed by atoms with Gasteiger partial charge in [-0.1, -0.05) is 37.8 Å². The van der Waals surface area contributed by atoms with Gasteiger partial charge in [-0.15, -0.1) is 0 Å². The van der Waals surface area contributed by atoms with Crippen LogP contribution in [0.2, 0.25) is 18.1 Å². The second-order valence-electron chi connectivity index (χ2n) is 11.5. The van der Waals surface area contributed by atoms with Gasteiger partial charge in [0.25, 0.3) is 0 Å². The van der Waals surface area contributed by atoms with E-state index in [-0.39, 0.29) is 11.1 Å². The number of piperidine rings is 1. The Morgan fingerprint density at radius 1 is 1.20 bits per heavy atom. The Balaban J connectivity index is 1.23. The molecule has 1 aliphatic heterocycles. The number of benzene rings is 1. The summed E-state index contributed by atoms with van der Waals surface area (Å²) in [5, 5.41) is 7.88. The molecule has 1 N–H and O–H groups in total. The van der Waals surface area contributed by atoms with Crippen LogP contribution in [0.5, 0.6) is 0 Å². The maximum Gasteiger partial charge on any atom is 0.193 e. The van der Waals surface area contributed by atoms with Crippen molar-refractivity contribution in [1.29, 1.82) is 0 Å². The van der Waals surface area contributed by atoms with Crippen LogP contribution in [-0.2, 0) is 11.0 Å². The number of aromatic nitrogens is 3. The quantitative estimate of drug-likeness (QED) is 0.367. The summed E-state index contributed by atoms with van der Waals surface area (Å²) >= 11 is 0. The maximum absolute atomic E-state index is 6.57. The van der Waals surface area contributed by atoms with Crippen LogP contribution >= 0.6 is 0 Å². The van der Waals surface area contributed by atoms with Crippen molar-refractivity contribution in [2.24, 2.45) is 17.8 Å². The van der Waals surface area contributed by atoms with Gasteiger partial charge in [-0.25, -0.2) is 4.98 Å². The second kappa shape index (κ2) is 9.09. The highest BCUT2D eigenvalue weighted by molar-refractivity contribution is 6.74. The molecule has 3 aromatic rings. The fourth-order valence-corrected chi connectivity index (χ4v) is 6.04. The van der Waals surface area contributed by atoms with Crippen molar-refractivity contribution in [1.82, 2.24) is 20.0 Å². The summed E-state index contributed by atoms with van der Waals surface area (Å²) in [6.07, 6.45) is 3.72. The standard InChI is InChI=1S/C28H36N4O2Si/c1-19(34-35(5,6)28(2,3)4)27-30-13-14-32(27)18-22-15-26(33-31-22)21-10-7-20(8-11-21)9-12-23-24-16-29-17-25(23)24/h7-8,10-11,13-15,19,23-25,29H,16-18H2,1-6H3/t19-,23-,24-,25+/m0/s1. The maximum atomic E-state index is 6.57. The molecule has 1 saturated heterocycles. The van der Waals surface area contributed by atoms with Gasteiger partial charge in [0.1, 0.15) is 17.6 Å². The number of nitrogens with zero attached hydrogens (tertiary/aromatic N) is 3. The number of rotatable bonds is 6. The molecular formula is C28H36N4O2Si. The highest BCUT2D eigenvalue weighted by Gasteiger charge is 2.51. The third-order valence-corrected chi connectivity index (χ3v) is 12.5. The summed E-state index contributed by atoms with van der Waals surface area (Å²) in [6.45, 7) is 16.2. The molecule has 2 fully saturated rings. The van der Waals surface area contributed by atoms with Crippen LogP contribution in [0, 0.1) is 29.6 Å². The van der Waals surface area contributed by atoms with Crippen LogP contribution in [0.25, 0.3) is 11.3 Å². The summed E-state index contributed by atoms with van der Waals surface area (Å²) in [4.78, 5) is 4.59. The average Bonchev–Trinajstić information content (AvgIpc) is 3.31. The van der Waals surface area contributed by atoms with Crippen molar-refractivity contribution in [3.05, 3.63) is 59.8 Å². The molecule has 2 aliphatic rings. The summed E-state index contributed by atoms with van der Waals surface area (Å²) in [6, 6.07) is 10.2. The SMILES string of the molecule is C[C@H](O[Si](C)(C)C(C)(C)C)c1nccn1Cc1cc(-c2ccc(C#C[C@@H]3[C@H]4CNC[C@@H]34)cc2)on1. The molecule has 0 bridgehead atoms. The fraction of sp³-hybridized carbons (Fsp3) is 0.500. The van der Waals surface area contributed by atoms with Crippen molar-refractivity contribution in [3.8, 4) is 23.2 Å². The van der Waals surface area contributed by atoms with Crippen LogP contribution in [-0.4, -0.2) is 36.1 Å². The van der Waals surface area contributed by atoms with E-state index in [0.29, 0.717) is 12.5 Å². The minimum Gasteiger partial charge on any atom is -0.407 e. The lowest BCUT2D eigenvalue weighted by Crippen LogP contribution is -2.41. The lowest BCUT2D eigenvalue weighted by molar-refractivity contribution is 0.189. The molecule has 1 aromatic carbocycles. The number of fused-ring (bicyclic) bond motifs is 1. The fourth-order valence-electron chi connectivity index (χ4n) is 4.70. The van der Waals surface area contributed by atoms with Gasteiger partial charge in [-0.3, -0.25) is 0 Å². The van der Waals surface area contributed by atoms with E-state index in [1.54, 1.807) is 0 Å². The molecule has 35 heavy (non-hydrogen) atoms. The molecule has 4 atom stereocenters. The van der Waals surface area contributed by atoms with Gasteiger partial charge in [0.15, 0.2) is 14.1 Å². The highest BCUT2D eigenvalue weighted by atomic mass is 28.4. The first kappa shape index (κ1) is 24.0. The third kappa shape index (κ3) is 5.01. The van der Waals surface area contributed by atoms with E-state index >= 15 is 0 Å². The highest BCUT2D eigenvalue weighted by Crippen LogP contribution is 2.48. The van der Waals surface area contributed by atoms with Crippen LogP contribution in [0.4, 0.5) is 0 Å². The first-order chi connectivity index (χ1) is 16.6. The Bertz CT molecular complexity index is 1230. The summed E-state index contributed by atoms with van der Waals surface area (Å²) in [5.74, 6) is 10.6. The minimum atomic E-state index is -1.90. The largest absolute Gasteiger partial charge is 0.407 e. The van der Waals surface area contributed by atoms with Crippen molar-refractivity contribution in [3.63, 3.8) is 0 Å². The Morgan fingerprint density at radius 3 is 2.60 bits per heavy atom. The summed E-state index contributed by atoms with van der Waals surface area (Å²) in [7, 11) is -1.90. The van der Waals surface area contributed by atoms with E-state index in [4.69, 9.17) is 8.95 Å². The van der Waals surface area contributed by atoms with Gasteiger partial charge >= 0.3 is 0 Å². The molecule has 3 heterocycles. The lowest BCUT2D eigenvalue weighted by Gasteiger charge is -2.38. The molecule has 5 rings (SSSR count). The lowest BCUT2D eigenvalue weighted by atomic mass is 10.1. The minimum absolute atomic E-state index is 0.0858. The number of hydrogen-bond acceptors (Lipinski definition) is 5. The molecule has 7 heteroatoms. The zero-order valence-electron chi connectivity index (χ0n) is 21.6. The molecule has 1 aliphatic carbocycles. The summed E-state index contributed by atoms with van der Waals surface area (Å²) < 4.78 is 14.3. The van der Waals surface area contributed by atoms with Crippen molar-refractivity contribution >= 4 is 8.32 Å². The third-order valence-electron chi connectivity index (χ3n) is 7.92. The van der Waals surface area contributed by atoms with Crippen LogP contribution in [0.15, 0.2) is 47.2 Å². The molecule has 0 radical (unpaired) electrons. The van der Waals surface area contributed by atoms with Crippen molar-refractivity contribution in [2.75, 3.05) is 13.1 Å². The van der Waals surface area contributed by atoms with Crippen LogP contribution in [0.1, 0.15) is 50.9 Å². The van der Waals surface area contributed by atoms with Gasteiger partial charge in [0, 0.05) is 35.5 Å². The van der Waals surface area contributed by atoms with E-state index in [2.05, 4.69) is 96.9 Å². The molecule has 0 spiro atoms. The molecule has 0 amide bonds. The van der Waals surface area contributed by atoms with Gasteiger partial charge < -0.3 is 18.8 Å². The first-order valence-corrected chi connectivity index (χ1v) is 15.5. The van der Waals surface area contributed by atoms with Gasteiger partial charge in [-0.05, 0) is 74.2 Å². The Kier molecular flexibility index (Phi) is 6.24. The zero-order chi connectivity index (χ0) is 24.8. The molecule has 2 aromatic heterocycles. The normalized spacial score (nSPS) is 22.4. The Hall–Kier alpha value is -2.66. The van der Waals surface area contributed by atoms with Crippen LogP contribution in [0.3, 0.4) is 0 Å². The molecule has 1 saturated carbocycles. The van der Waals surface area contributed by atoms with E-state index in [1.165, 1.54) is 0 Å². The topological polar surface area (TPSA) is 65.1 Å². The Labute approximate surface area is 209 Å². The Morgan fingerprint density at radius 2 is 1.91 bits per heavy atom. The van der Waals surface area contributed by atoms with Gasteiger partial charge in [-0.2, -0.15) is 0 Å². The number of imidazole rings is 1. The molecular weight excluding hydrogens is 452 g/mol. The van der Waals surface area contributed by atoms with E-state index in [9.17, 15) is 0 Å². The molecule has 0 unspecified atom stereocenters. The van der Waals surface area contributed by atoms with Crippen LogP contribution < -0.4 is 5.32 Å². The van der Waals surface area contributed by atoms with E-state index in [0.717, 1.165) is 53.3 Å². The van der Waals surface area contributed by atoms with Gasteiger partial charge in [0.2, 0.25) is 0 Å². The summed E-state index contributed by atoms with van der Waals surface area (Å²) in [5.41, 5.74) is 2.91. The van der Waals surface area contributed by atoms with E-state index < -0.39 is 8.32 Å². The molecule has 6 nitrogen and oxygen atoms in total. The average molecular weight is 489 g/mol. The predicted octanol–water partition coefficient (Wildman–Crippen LogP) is 5.49. The second-order valence-corrected chi connectivity index (χ2v) is 16.2. The molecule has 184 valence electrons.